The molecule has 1 fully saturated rings. The zero-order valence-corrected chi connectivity index (χ0v) is 17.4. The summed E-state index contributed by atoms with van der Waals surface area (Å²) in [5.41, 5.74) is 0.0440. The number of piperidine rings is 1. The van der Waals surface area contributed by atoms with Gasteiger partial charge in [0, 0.05) is 25.2 Å². The van der Waals surface area contributed by atoms with E-state index < -0.39 is 9.84 Å². The number of carbonyl (C=O) groups is 1. The van der Waals surface area contributed by atoms with Gasteiger partial charge in [-0.3, -0.25) is 9.69 Å². The summed E-state index contributed by atoms with van der Waals surface area (Å²) in [6.45, 7) is 12.9. The first kappa shape index (κ1) is 20.9. The van der Waals surface area contributed by atoms with Crippen molar-refractivity contribution in [3.05, 3.63) is 29.8 Å². The number of nitrogens with one attached hydrogen (secondary N) is 1. The molecule has 1 aromatic rings. The van der Waals surface area contributed by atoms with Gasteiger partial charge in [-0.1, -0.05) is 32.9 Å². The van der Waals surface area contributed by atoms with E-state index in [1.54, 1.807) is 25.1 Å². The molecular weight excluding hydrogens is 348 g/mol. The molecule has 2 unspecified atom stereocenters. The van der Waals surface area contributed by atoms with E-state index in [0.29, 0.717) is 18.4 Å². The third kappa shape index (κ3) is 4.86. The van der Waals surface area contributed by atoms with Gasteiger partial charge in [0.1, 0.15) is 0 Å². The largest absolute Gasteiger partial charge is 0.350 e. The summed E-state index contributed by atoms with van der Waals surface area (Å²) < 4.78 is 24.5. The minimum Gasteiger partial charge on any atom is -0.350 e. The van der Waals surface area contributed by atoms with Crippen LogP contribution in [0, 0.1) is 11.8 Å². The molecule has 1 N–H and O–H groups in total. The van der Waals surface area contributed by atoms with Crippen LogP contribution < -0.4 is 5.32 Å². The van der Waals surface area contributed by atoms with Crippen molar-refractivity contribution in [2.45, 2.75) is 51.5 Å². The van der Waals surface area contributed by atoms with Crippen molar-refractivity contribution in [2.75, 3.05) is 25.4 Å². The molecule has 146 valence electrons. The predicted molar refractivity (Wildman–Crippen MR) is 105 cm³/mol. The topological polar surface area (TPSA) is 66.5 Å². The van der Waals surface area contributed by atoms with E-state index in [0.717, 1.165) is 13.1 Å². The van der Waals surface area contributed by atoms with Gasteiger partial charge in [-0.15, -0.1) is 0 Å². The molecule has 1 aromatic carbocycles. The Morgan fingerprint density at radius 1 is 1.19 bits per heavy atom. The lowest BCUT2D eigenvalue weighted by Crippen LogP contribution is -2.56. The Bertz CT molecular complexity index is 733. The summed E-state index contributed by atoms with van der Waals surface area (Å²) in [7, 11) is -3.43. The molecule has 0 aliphatic carbocycles. The van der Waals surface area contributed by atoms with Gasteiger partial charge < -0.3 is 5.32 Å². The number of hydrogen-bond acceptors (Lipinski definition) is 4. The Balaban J connectivity index is 2.11. The van der Waals surface area contributed by atoms with Gasteiger partial charge in [-0.05, 0) is 44.2 Å². The lowest BCUT2D eigenvalue weighted by atomic mass is 9.88. The van der Waals surface area contributed by atoms with Crippen molar-refractivity contribution in [1.82, 2.24) is 10.2 Å². The normalized spacial score (nSPS) is 22.2. The van der Waals surface area contributed by atoms with E-state index in [-0.39, 0.29) is 27.7 Å². The van der Waals surface area contributed by atoms with Crippen LogP contribution in [-0.4, -0.2) is 50.2 Å². The van der Waals surface area contributed by atoms with Gasteiger partial charge in [-0.2, -0.15) is 0 Å². The number of rotatable bonds is 6. The maximum absolute atomic E-state index is 12.7. The predicted octanol–water partition coefficient (Wildman–Crippen LogP) is 2.97. The highest BCUT2D eigenvalue weighted by Crippen LogP contribution is 2.27. The molecule has 0 radical (unpaired) electrons. The van der Waals surface area contributed by atoms with E-state index in [1.165, 1.54) is 12.5 Å². The monoisotopic (exact) mass is 380 g/mol. The molecule has 2 atom stereocenters. The highest BCUT2D eigenvalue weighted by Gasteiger charge is 2.33. The number of benzene rings is 1. The van der Waals surface area contributed by atoms with Crippen LogP contribution in [0.15, 0.2) is 29.2 Å². The first-order valence-corrected chi connectivity index (χ1v) is 11.1. The fourth-order valence-electron chi connectivity index (χ4n) is 3.74. The van der Waals surface area contributed by atoms with Crippen LogP contribution in [0.25, 0.3) is 0 Å². The number of sulfone groups is 1. The molecule has 1 saturated heterocycles. The van der Waals surface area contributed by atoms with Crippen molar-refractivity contribution in [2.24, 2.45) is 11.8 Å². The van der Waals surface area contributed by atoms with Crippen LogP contribution in [0.1, 0.15) is 51.4 Å². The highest BCUT2D eigenvalue weighted by atomic mass is 32.2. The summed E-state index contributed by atoms with van der Waals surface area (Å²) >= 11 is 0. The van der Waals surface area contributed by atoms with Crippen molar-refractivity contribution in [1.29, 1.82) is 0 Å². The standard InChI is InChI=1S/C20H32N2O3S/c1-6-26(24,25)18-10-8-7-9-17(18)19(23)21-14-20(4,5)22-12-15(2)11-16(3)13-22/h7-10,15-16H,6,11-14H2,1-5H3,(H,21,23). The highest BCUT2D eigenvalue weighted by molar-refractivity contribution is 7.91. The summed E-state index contributed by atoms with van der Waals surface area (Å²) in [6, 6.07) is 6.44. The molecule has 0 spiro atoms. The molecule has 1 amide bonds. The zero-order valence-electron chi connectivity index (χ0n) is 16.6. The minimum absolute atomic E-state index is 0.0215. The number of carbonyl (C=O) groups excluding carboxylic acids is 1. The summed E-state index contributed by atoms with van der Waals surface area (Å²) in [4.78, 5) is 15.2. The molecule has 0 bridgehead atoms. The minimum atomic E-state index is -3.43. The van der Waals surface area contributed by atoms with Crippen LogP contribution in [-0.2, 0) is 9.84 Å². The summed E-state index contributed by atoms with van der Waals surface area (Å²) in [6.07, 6.45) is 1.24. The summed E-state index contributed by atoms with van der Waals surface area (Å²) in [5.74, 6) is 0.934. The van der Waals surface area contributed by atoms with Crippen LogP contribution >= 0.6 is 0 Å². The van der Waals surface area contributed by atoms with Gasteiger partial charge in [0.05, 0.1) is 16.2 Å². The van der Waals surface area contributed by atoms with E-state index in [1.807, 2.05) is 0 Å². The van der Waals surface area contributed by atoms with Crippen LogP contribution in [0.4, 0.5) is 0 Å². The molecule has 2 rings (SSSR count). The number of amides is 1. The van der Waals surface area contributed by atoms with Gasteiger partial charge in [0.15, 0.2) is 9.84 Å². The fourth-order valence-corrected chi connectivity index (χ4v) is 4.83. The van der Waals surface area contributed by atoms with Gasteiger partial charge in [0.25, 0.3) is 5.91 Å². The Kier molecular flexibility index (Phi) is 6.51. The molecule has 6 heteroatoms. The quantitative estimate of drug-likeness (QED) is 0.824. The maximum atomic E-state index is 12.7. The Morgan fingerprint density at radius 3 is 2.35 bits per heavy atom. The number of nitrogens with zero attached hydrogens (tertiary/aromatic N) is 1. The Morgan fingerprint density at radius 2 is 1.77 bits per heavy atom. The van der Waals surface area contributed by atoms with Gasteiger partial charge in [-0.25, -0.2) is 8.42 Å². The number of likely N-dealkylation sites (tertiary alicyclic amines) is 1. The molecule has 26 heavy (non-hydrogen) atoms. The van der Waals surface area contributed by atoms with Crippen molar-refractivity contribution >= 4 is 15.7 Å². The number of hydrogen-bond donors (Lipinski definition) is 1. The van der Waals surface area contributed by atoms with E-state index >= 15 is 0 Å². The maximum Gasteiger partial charge on any atom is 0.252 e. The fraction of sp³-hybridized carbons (Fsp3) is 0.650. The second kappa shape index (κ2) is 8.09. The lowest BCUT2D eigenvalue weighted by Gasteiger charge is -2.45. The van der Waals surface area contributed by atoms with Crippen molar-refractivity contribution in [3.63, 3.8) is 0 Å². The average Bonchev–Trinajstić information content (AvgIpc) is 2.59. The second-order valence-electron chi connectivity index (χ2n) is 8.25. The lowest BCUT2D eigenvalue weighted by molar-refractivity contribution is 0.0444. The molecule has 1 aliphatic heterocycles. The van der Waals surface area contributed by atoms with Crippen molar-refractivity contribution in [3.8, 4) is 0 Å². The SMILES string of the molecule is CCS(=O)(=O)c1ccccc1C(=O)NCC(C)(C)N1CC(C)CC(C)C1. The molecular formula is C20H32N2O3S. The van der Waals surface area contributed by atoms with Crippen LogP contribution in [0.3, 0.4) is 0 Å². The second-order valence-corrected chi connectivity index (χ2v) is 10.5. The van der Waals surface area contributed by atoms with E-state index in [4.69, 9.17) is 0 Å². The smallest absolute Gasteiger partial charge is 0.252 e. The molecule has 5 nitrogen and oxygen atoms in total. The van der Waals surface area contributed by atoms with Crippen molar-refractivity contribution < 1.29 is 13.2 Å². The Hall–Kier alpha value is -1.40. The Labute approximate surface area is 158 Å². The van der Waals surface area contributed by atoms with Gasteiger partial charge in [0.2, 0.25) is 0 Å². The third-order valence-corrected chi connectivity index (χ3v) is 7.04. The third-order valence-electron chi connectivity index (χ3n) is 5.25. The van der Waals surface area contributed by atoms with Gasteiger partial charge >= 0.3 is 0 Å². The van der Waals surface area contributed by atoms with E-state index in [9.17, 15) is 13.2 Å². The molecule has 0 saturated carbocycles. The first-order chi connectivity index (χ1) is 12.1. The zero-order chi connectivity index (χ0) is 19.5. The van der Waals surface area contributed by atoms with Crippen LogP contribution in [0.2, 0.25) is 0 Å². The van der Waals surface area contributed by atoms with Crippen LogP contribution in [0.5, 0.6) is 0 Å². The molecule has 1 aliphatic rings. The van der Waals surface area contributed by atoms with E-state index in [2.05, 4.69) is 37.9 Å². The summed E-state index contributed by atoms with van der Waals surface area (Å²) in [5, 5.41) is 2.96. The first-order valence-electron chi connectivity index (χ1n) is 9.42. The average molecular weight is 381 g/mol. The molecule has 1 heterocycles. The molecule has 0 aromatic heterocycles.